The first-order valence-electron chi connectivity index (χ1n) is 8.61. The molecule has 0 unspecified atom stereocenters. The molecule has 2 N–H and O–H groups in total. The second kappa shape index (κ2) is 7.51. The van der Waals surface area contributed by atoms with Crippen LogP contribution in [0.1, 0.15) is 29.8 Å². The zero-order valence-electron chi connectivity index (χ0n) is 15.3. The molecule has 2 aliphatic rings. The number of aromatic nitrogens is 1. The van der Waals surface area contributed by atoms with E-state index in [0.29, 0.717) is 12.8 Å². The first-order valence-corrected chi connectivity index (χ1v) is 10.1. The van der Waals surface area contributed by atoms with Gasteiger partial charge < -0.3 is 14.6 Å². The van der Waals surface area contributed by atoms with E-state index in [1.807, 2.05) is 0 Å². The Labute approximate surface area is 161 Å². The summed E-state index contributed by atoms with van der Waals surface area (Å²) in [6, 6.07) is 0. The van der Waals surface area contributed by atoms with Crippen molar-refractivity contribution in [3.8, 4) is 5.75 Å². The predicted octanol–water partition coefficient (Wildman–Crippen LogP) is 2.24. The molecule has 1 aromatic rings. The molecule has 28 heavy (non-hydrogen) atoms. The zero-order chi connectivity index (χ0) is 20.5. The predicted molar refractivity (Wildman–Crippen MR) is 98.7 cm³/mol. The van der Waals surface area contributed by atoms with Gasteiger partial charge in [-0.1, -0.05) is 6.08 Å². The van der Waals surface area contributed by atoms with Crippen LogP contribution in [0.3, 0.4) is 0 Å². The number of carbonyl (C=O) groups excluding carboxylic acids is 1. The molecule has 152 valence electrons. The molecule has 2 heterocycles. The molecular formula is C18H21F2N3O4S. The SMILES string of the molecule is C=CC/C(=C\C=C(\F)CF)NC(=O)c1c2c(cn1C)S(=O)(=O)NC1(CC1)CO2. The molecule has 1 spiro atoms. The van der Waals surface area contributed by atoms with Crippen molar-refractivity contribution in [3.05, 3.63) is 48.2 Å². The molecule has 3 rings (SSSR count). The summed E-state index contributed by atoms with van der Waals surface area (Å²) in [5, 5.41) is 2.58. The minimum atomic E-state index is -3.83. The number of ether oxygens (including phenoxy) is 1. The third kappa shape index (κ3) is 4.02. The number of nitrogens with zero attached hydrogens (tertiary/aromatic N) is 1. The summed E-state index contributed by atoms with van der Waals surface area (Å²) in [4.78, 5) is 12.7. The first-order chi connectivity index (χ1) is 13.2. The second-order valence-electron chi connectivity index (χ2n) is 6.84. The highest BCUT2D eigenvalue weighted by Crippen LogP contribution is 2.42. The van der Waals surface area contributed by atoms with Crippen molar-refractivity contribution < 1.29 is 26.7 Å². The Balaban J connectivity index is 1.93. The zero-order valence-corrected chi connectivity index (χ0v) is 16.1. The maximum Gasteiger partial charge on any atom is 0.275 e. The number of halogens is 2. The summed E-state index contributed by atoms with van der Waals surface area (Å²) in [5.74, 6) is -1.65. The van der Waals surface area contributed by atoms with E-state index in [4.69, 9.17) is 4.74 Å². The van der Waals surface area contributed by atoms with Crippen LogP contribution in [0, 0.1) is 0 Å². The number of amides is 1. The van der Waals surface area contributed by atoms with Crippen LogP contribution >= 0.6 is 0 Å². The van der Waals surface area contributed by atoms with Crippen molar-refractivity contribution in [1.29, 1.82) is 0 Å². The lowest BCUT2D eigenvalue weighted by Crippen LogP contribution is -2.39. The van der Waals surface area contributed by atoms with Gasteiger partial charge in [0.25, 0.3) is 5.91 Å². The quantitative estimate of drug-likeness (QED) is 0.553. The Morgan fingerprint density at radius 1 is 1.46 bits per heavy atom. The average molecular weight is 413 g/mol. The molecule has 1 saturated carbocycles. The Morgan fingerprint density at radius 2 is 2.18 bits per heavy atom. The van der Waals surface area contributed by atoms with Crippen molar-refractivity contribution in [2.45, 2.75) is 29.7 Å². The molecule has 1 fully saturated rings. The normalized spacial score (nSPS) is 20.1. The highest BCUT2D eigenvalue weighted by atomic mass is 32.2. The lowest BCUT2D eigenvalue weighted by molar-refractivity contribution is 0.0952. The average Bonchev–Trinajstić information content (AvgIpc) is 3.31. The van der Waals surface area contributed by atoms with Gasteiger partial charge in [0.1, 0.15) is 24.0 Å². The Hall–Kier alpha value is -2.46. The van der Waals surface area contributed by atoms with Crippen molar-refractivity contribution in [2.75, 3.05) is 13.3 Å². The van der Waals surface area contributed by atoms with Crippen LogP contribution in [-0.2, 0) is 17.1 Å². The van der Waals surface area contributed by atoms with E-state index < -0.39 is 34.0 Å². The maximum atomic E-state index is 13.0. The summed E-state index contributed by atoms with van der Waals surface area (Å²) < 4.78 is 60.3. The molecule has 0 atom stereocenters. The van der Waals surface area contributed by atoms with Gasteiger partial charge in [0.2, 0.25) is 10.0 Å². The van der Waals surface area contributed by atoms with Gasteiger partial charge in [-0.05, 0) is 25.0 Å². The lowest BCUT2D eigenvalue weighted by atomic mass is 10.2. The topological polar surface area (TPSA) is 89.4 Å². The Bertz CT molecular complexity index is 975. The first kappa shape index (κ1) is 20.3. The minimum absolute atomic E-state index is 0.0166. The fourth-order valence-electron chi connectivity index (χ4n) is 2.90. The molecule has 1 aliphatic carbocycles. The molecule has 0 radical (unpaired) electrons. The van der Waals surface area contributed by atoms with Gasteiger partial charge in [-0.15, -0.1) is 6.58 Å². The van der Waals surface area contributed by atoms with Crippen LogP contribution < -0.4 is 14.8 Å². The molecular weight excluding hydrogens is 392 g/mol. The van der Waals surface area contributed by atoms with E-state index in [-0.39, 0.29) is 35.1 Å². The molecule has 1 amide bonds. The van der Waals surface area contributed by atoms with Gasteiger partial charge in [-0.2, -0.15) is 0 Å². The van der Waals surface area contributed by atoms with Crippen molar-refractivity contribution in [1.82, 2.24) is 14.6 Å². The largest absolute Gasteiger partial charge is 0.488 e. The van der Waals surface area contributed by atoms with Gasteiger partial charge in [0, 0.05) is 25.4 Å². The monoisotopic (exact) mass is 413 g/mol. The molecule has 0 aromatic carbocycles. The molecule has 10 heteroatoms. The number of sulfonamides is 1. The number of fused-ring (bicyclic) bond motifs is 1. The number of allylic oxidation sites excluding steroid dienone is 4. The summed E-state index contributed by atoms with van der Waals surface area (Å²) in [5.41, 5.74) is -0.324. The maximum absolute atomic E-state index is 13.0. The van der Waals surface area contributed by atoms with Gasteiger partial charge in [-0.3, -0.25) is 4.79 Å². The van der Waals surface area contributed by atoms with Crippen molar-refractivity contribution in [3.63, 3.8) is 0 Å². The molecule has 7 nitrogen and oxygen atoms in total. The van der Waals surface area contributed by atoms with E-state index >= 15 is 0 Å². The number of rotatable bonds is 6. The third-order valence-corrected chi connectivity index (χ3v) is 6.11. The number of carbonyl (C=O) groups is 1. The van der Waals surface area contributed by atoms with Crippen molar-refractivity contribution >= 4 is 15.9 Å². The summed E-state index contributed by atoms with van der Waals surface area (Å²) >= 11 is 0. The van der Waals surface area contributed by atoms with E-state index in [2.05, 4.69) is 16.6 Å². The molecule has 0 saturated heterocycles. The molecule has 0 bridgehead atoms. The standard InChI is InChI=1S/C18H21F2N3O4S/c1-3-4-13(6-5-12(20)9-19)21-17(24)15-16-14(10-23(15)2)28(25,26)22-18(7-8-18)11-27-16/h3,5-6,10,22H,1,4,7-9,11H2,2H3,(H,21,24)/b12-5+,13-6+. The minimum Gasteiger partial charge on any atom is -0.488 e. The Morgan fingerprint density at radius 3 is 2.79 bits per heavy atom. The fraction of sp³-hybridized carbons (Fsp3) is 0.389. The summed E-state index contributed by atoms with van der Waals surface area (Å²) in [6.07, 6.45) is 6.47. The van der Waals surface area contributed by atoms with Crippen LogP contribution in [0.2, 0.25) is 0 Å². The summed E-state index contributed by atoms with van der Waals surface area (Å²) in [7, 11) is -2.31. The number of alkyl halides is 1. The van der Waals surface area contributed by atoms with Crippen LogP contribution in [0.5, 0.6) is 5.75 Å². The Kier molecular flexibility index (Phi) is 5.44. The highest BCUT2D eigenvalue weighted by Gasteiger charge is 2.50. The highest BCUT2D eigenvalue weighted by molar-refractivity contribution is 7.89. The van der Waals surface area contributed by atoms with Crippen LogP contribution in [0.15, 0.2) is 47.4 Å². The number of hydrogen-bond acceptors (Lipinski definition) is 4. The summed E-state index contributed by atoms with van der Waals surface area (Å²) in [6.45, 7) is 2.44. The van der Waals surface area contributed by atoms with Crippen LogP contribution in [0.4, 0.5) is 8.78 Å². The fourth-order valence-corrected chi connectivity index (χ4v) is 4.54. The van der Waals surface area contributed by atoms with Gasteiger partial charge in [0.15, 0.2) is 11.4 Å². The number of nitrogens with one attached hydrogen (secondary N) is 2. The van der Waals surface area contributed by atoms with E-state index in [0.717, 1.165) is 6.08 Å². The van der Waals surface area contributed by atoms with Crippen molar-refractivity contribution in [2.24, 2.45) is 7.05 Å². The van der Waals surface area contributed by atoms with Gasteiger partial charge >= 0.3 is 0 Å². The van der Waals surface area contributed by atoms with E-state index in [1.165, 1.54) is 30.0 Å². The second-order valence-corrected chi connectivity index (χ2v) is 8.49. The van der Waals surface area contributed by atoms with Crippen LogP contribution in [0.25, 0.3) is 0 Å². The van der Waals surface area contributed by atoms with Gasteiger partial charge in [0.05, 0.1) is 5.54 Å². The lowest BCUT2D eigenvalue weighted by Gasteiger charge is -2.14. The van der Waals surface area contributed by atoms with E-state index in [1.54, 1.807) is 0 Å². The third-order valence-electron chi connectivity index (χ3n) is 4.54. The molecule has 1 aliphatic heterocycles. The number of hydrogen-bond donors (Lipinski definition) is 2. The van der Waals surface area contributed by atoms with Gasteiger partial charge in [-0.25, -0.2) is 21.9 Å². The van der Waals surface area contributed by atoms with E-state index in [9.17, 15) is 22.0 Å². The smallest absolute Gasteiger partial charge is 0.275 e. The van der Waals surface area contributed by atoms with Crippen LogP contribution in [-0.4, -0.2) is 37.7 Å². The molecule has 1 aromatic heterocycles. The number of aryl methyl sites for hydroxylation is 1.